The van der Waals surface area contributed by atoms with Gasteiger partial charge in [-0.2, -0.15) is 0 Å². The number of amides is 3. The number of nitrogens with zero attached hydrogens (tertiary/aromatic N) is 4. The Morgan fingerprint density at radius 2 is 1.91 bits per heavy atom. The molecule has 0 bridgehead atoms. The number of H-pyrrole nitrogens is 1. The SMILES string of the molecule is CCCCn1c(=O)[nH]c(=O)c2c1nc(COC(=O)CN1C(=O)NC3(CCC(C)CC3)C1=O)n2C. The third-order valence-corrected chi connectivity index (χ3v) is 6.86. The fraction of sp³-hybridized carbons (Fsp3) is 0.636. The van der Waals surface area contributed by atoms with E-state index in [2.05, 4.69) is 22.2 Å². The first kappa shape index (κ1) is 23.7. The van der Waals surface area contributed by atoms with Gasteiger partial charge < -0.3 is 14.6 Å². The van der Waals surface area contributed by atoms with Gasteiger partial charge in [0.15, 0.2) is 11.2 Å². The second-order valence-corrected chi connectivity index (χ2v) is 9.27. The number of imidazole rings is 1. The van der Waals surface area contributed by atoms with Gasteiger partial charge in [0.2, 0.25) is 0 Å². The molecule has 0 unspecified atom stereocenters. The molecule has 2 aliphatic rings. The molecule has 0 aromatic carbocycles. The molecule has 1 aliphatic carbocycles. The highest BCUT2D eigenvalue weighted by atomic mass is 16.5. The van der Waals surface area contributed by atoms with E-state index < -0.39 is 41.2 Å². The van der Waals surface area contributed by atoms with Crippen LogP contribution in [0.5, 0.6) is 0 Å². The predicted octanol–water partition coefficient (Wildman–Crippen LogP) is 0.767. The van der Waals surface area contributed by atoms with Crippen LogP contribution < -0.4 is 16.6 Å². The highest BCUT2D eigenvalue weighted by molar-refractivity contribution is 6.08. The van der Waals surface area contributed by atoms with Gasteiger partial charge in [-0.1, -0.05) is 20.3 Å². The molecule has 1 aliphatic heterocycles. The van der Waals surface area contributed by atoms with Crippen molar-refractivity contribution < 1.29 is 19.1 Å². The number of unbranched alkanes of at least 4 members (excludes halogenated alkanes) is 1. The number of aryl methyl sites for hydroxylation is 2. The number of aromatic nitrogens is 4. The van der Waals surface area contributed by atoms with Crippen molar-refractivity contribution >= 4 is 29.1 Å². The molecule has 2 fully saturated rings. The van der Waals surface area contributed by atoms with Gasteiger partial charge in [0.05, 0.1) is 0 Å². The summed E-state index contributed by atoms with van der Waals surface area (Å²) < 4.78 is 8.14. The van der Waals surface area contributed by atoms with E-state index in [-0.39, 0.29) is 23.6 Å². The van der Waals surface area contributed by atoms with Crippen molar-refractivity contribution in [3.05, 3.63) is 26.7 Å². The fourth-order valence-corrected chi connectivity index (χ4v) is 4.68. The average molecular weight is 475 g/mol. The summed E-state index contributed by atoms with van der Waals surface area (Å²) in [4.78, 5) is 70.0. The van der Waals surface area contributed by atoms with E-state index in [1.807, 2.05) is 6.92 Å². The maximum Gasteiger partial charge on any atom is 0.330 e. The van der Waals surface area contributed by atoms with Crippen molar-refractivity contribution in [3.63, 3.8) is 0 Å². The molecule has 3 amide bonds. The molecule has 0 atom stereocenters. The summed E-state index contributed by atoms with van der Waals surface area (Å²) >= 11 is 0. The van der Waals surface area contributed by atoms with Gasteiger partial charge in [-0.3, -0.25) is 28.8 Å². The molecule has 1 saturated carbocycles. The molecular formula is C22H30N6O6. The van der Waals surface area contributed by atoms with Crippen molar-refractivity contribution in [2.75, 3.05) is 6.54 Å². The van der Waals surface area contributed by atoms with Crippen LogP contribution in [0.4, 0.5) is 4.79 Å². The number of carbonyl (C=O) groups excluding carboxylic acids is 3. The highest BCUT2D eigenvalue weighted by Crippen LogP contribution is 2.36. The molecule has 2 aromatic heterocycles. The van der Waals surface area contributed by atoms with Crippen molar-refractivity contribution in [1.29, 1.82) is 0 Å². The zero-order chi connectivity index (χ0) is 24.6. The molecule has 34 heavy (non-hydrogen) atoms. The first-order valence-corrected chi connectivity index (χ1v) is 11.6. The zero-order valence-corrected chi connectivity index (χ0v) is 19.7. The summed E-state index contributed by atoms with van der Waals surface area (Å²) in [6.07, 6.45) is 4.36. The van der Waals surface area contributed by atoms with Crippen molar-refractivity contribution in [3.8, 4) is 0 Å². The van der Waals surface area contributed by atoms with Crippen LogP contribution in [0.1, 0.15) is 58.2 Å². The number of urea groups is 1. The number of hydrogen-bond donors (Lipinski definition) is 2. The van der Waals surface area contributed by atoms with Crippen molar-refractivity contribution in [2.24, 2.45) is 13.0 Å². The first-order valence-electron chi connectivity index (χ1n) is 11.6. The Labute approximate surface area is 195 Å². The normalized spacial score (nSPS) is 22.6. The van der Waals surface area contributed by atoms with E-state index in [1.165, 1.54) is 9.13 Å². The number of imide groups is 1. The minimum absolute atomic E-state index is 0.198. The Hall–Kier alpha value is -3.44. The fourth-order valence-electron chi connectivity index (χ4n) is 4.68. The Morgan fingerprint density at radius 3 is 2.59 bits per heavy atom. The molecule has 1 saturated heterocycles. The molecule has 2 aromatic rings. The van der Waals surface area contributed by atoms with Crippen molar-refractivity contribution in [2.45, 2.75) is 71.1 Å². The van der Waals surface area contributed by atoms with E-state index in [9.17, 15) is 24.0 Å². The van der Waals surface area contributed by atoms with E-state index in [0.29, 0.717) is 25.3 Å². The van der Waals surface area contributed by atoms with Gasteiger partial charge in [0, 0.05) is 13.6 Å². The summed E-state index contributed by atoms with van der Waals surface area (Å²) in [6.45, 7) is 3.71. The largest absolute Gasteiger partial charge is 0.456 e. The van der Waals surface area contributed by atoms with E-state index in [0.717, 1.165) is 30.6 Å². The number of fused-ring (bicyclic) bond motifs is 1. The van der Waals surface area contributed by atoms with Crippen LogP contribution in [0.15, 0.2) is 9.59 Å². The second-order valence-electron chi connectivity index (χ2n) is 9.27. The van der Waals surface area contributed by atoms with Crippen LogP contribution in [0.3, 0.4) is 0 Å². The molecule has 0 radical (unpaired) electrons. The maximum atomic E-state index is 12.9. The lowest BCUT2D eigenvalue weighted by molar-refractivity contribution is -0.149. The number of ether oxygens (including phenoxy) is 1. The lowest BCUT2D eigenvalue weighted by Crippen LogP contribution is -2.49. The van der Waals surface area contributed by atoms with Crippen LogP contribution in [-0.2, 0) is 34.5 Å². The summed E-state index contributed by atoms with van der Waals surface area (Å²) in [5.74, 6) is -0.405. The number of aromatic amines is 1. The topological polar surface area (TPSA) is 148 Å². The lowest BCUT2D eigenvalue weighted by Gasteiger charge is -2.33. The first-order chi connectivity index (χ1) is 16.2. The second kappa shape index (κ2) is 9.07. The highest BCUT2D eigenvalue weighted by Gasteiger charge is 2.52. The monoisotopic (exact) mass is 474 g/mol. The van der Waals surface area contributed by atoms with Crippen molar-refractivity contribution in [1.82, 2.24) is 29.3 Å². The van der Waals surface area contributed by atoms with Gasteiger partial charge in [-0.15, -0.1) is 0 Å². The predicted molar refractivity (Wildman–Crippen MR) is 121 cm³/mol. The Balaban J connectivity index is 1.46. The molecular weight excluding hydrogens is 444 g/mol. The Bertz CT molecular complexity index is 1250. The van der Waals surface area contributed by atoms with Gasteiger partial charge in [0.1, 0.15) is 24.5 Å². The van der Waals surface area contributed by atoms with Crippen LogP contribution in [0.2, 0.25) is 0 Å². The average Bonchev–Trinajstić information content (AvgIpc) is 3.24. The lowest BCUT2D eigenvalue weighted by atomic mass is 9.77. The number of esters is 1. The molecule has 184 valence electrons. The number of rotatable bonds is 7. The zero-order valence-electron chi connectivity index (χ0n) is 19.7. The third-order valence-electron chi connectivity index (χ3n) is 6.86. The van der Waals surface area contributed by atoms with E-state index in [4.69, 9.17) is 4.74 Å². The number of nitrogens with one attached hydrogen (secondary N) is 2. The molecule has 12 nitrogen and oxygen atoms in total. The summed E-state index contributed by atoms with van der Waals surface area (Å²) in [5, 5.41) is 2.77. The van der Waals surface area contributed by atoms with E-state index >= 15 is 0 Å². The molecule has 2 N–H and O–H groups in total. The summed E-state index contributed by atoms with van der Waals surface area (Å²) in [6, 6.07) is -0.592. The maximum absolute atomic E-state index is 12.9. The van der Waals surface area contributed by atoms with Crippen LogP contribution in [-0.4, -0.2) is 54.0 Å². The van der Waals surface area contributed by atoms with Crippen LogP contribution in [0.25, 0.3) is 11.2 Å². The number of hydrogen-bond acceptors (Lipinski definition) is 7. The molecule has 3 heterocycles. The molecule has 4 rings (SSSR count). The van der Waals surface area contributed by atoms with Crippen LogP contribution >= 0.6 is 0 Å². The Kier molecular flexibility index (Phi) is 6.32. The minimum atomic E-state index is -0.926. The Morgan fingerprint density at radius 1 is 1.21 bits per heavy atom. The van der Waals surface area contributed by atoms with Crippen LogP contribution in [0, 0.1) is 5.92 Å². The smallest absolute Gasteiger partial charge is 0.330 e. The van der Waals surface area contributed by atoms with Gasteiger partial charge in [0.25, 0.3) is 11.5 Å². The molecule has 1 spiro atoms. The summed E-state index contributed by atoms with van der Waals surface area (Å²) in [5.41, 5.74) is -1.63. The quantitative estimate of drug-likeness (QED) is 0.445. The van der Waals surface area contributed by atoms with E-state index in [1.54, 1.807) is 7.05 Å². The summed E-state index contributed by atoms with van der Waals surface area (Å²) in [7, 11) is 1.59. The minimum Gasteiger partial charge on any atom is -0.456 e. The molecule has 12 heteroatoms. The van der Waals surface area contributed by atoms with Gasteiger partial charge >= 0.3 is 17.7 Å². The standard InChI is InChI=1S/C22H30N6O6/c1-4-5-10-27-17-16(18(30)24-20(27)32)26(3)14(23-17)12-34-15(29)11-28-19(31)22(25-21(28)33)8-6-13(2)7-9-22/h13H,4-12H2,1-3H3,(H,25,33)(H,24,30,32). The van der Waals surface area contributed by atoms with Gasteiger partial charge in [-0.05, 0) is 38.0 Å². The number of carbonyl (C=O) groups is 3. The van der Waals surface area contributed by atoms with Gasteiger partial charge in [-0.25, -0.2) is 14.6 Å². The third kappa shape index (κ3) is 4.12.